The predicted molar refractivity (Wildman–Crippen MR) is 92.6 cm³/mol. The van der Waals surface area contributed by atoms with Gasteiger partial charge in [-0.1, -0.05) is 0 Å². The average molecular weight is 326 g/mol. The maximum absolute atomic E-state index is 12.5. The van der Waals surface area contributed by atoms with Crippen LogP contribution in [0.5, 0.6) is 0 Å². The van der Waals surface area contributed by atoms with Gasteiger partial charge in [0.05, 0.1) is 0 Å². The highest BCUT2D eigenvalue weighted by molar-refractivity contribution is 6.06. The number of rotatable bonds is 2. The number of carbonyl (C=O) groups excluding carboxylic acids is 1. The molecule has 7 nitrogen and oxygen atoms in total. The molecule has 0 spiro atoms. The quantitative estimate of drug-likeness (QED) is 0.747. The summed E-state index contributed by atoms with van der Waals surface area (Å²) in [5.74, 6) is -0.214. The number of anilines is 1. The lowest BCUT2D eigenvalue weighted by Gasteiger charge is -2.11. The van der Waals surface area contributed by atoms with E-state index in [1.54, 1.807) is 12.1 Å². The first-order valence-electron chi connectivity index (χ1n) is 7.47. The van der Waals surface area contributed by atoms with Crippen molar-refractivity contribution in [2.45, 2.75) is 13.8 Å². The number of aromatic nitrogens is 3. The molecular weight excluding hydrogens is 308 g/mol. The third kappa shape index (κ3) is 2.44. The van der Waals surface area contributed by atoms with Gasteiger partial charge in [-0.2, -0.15) is 0 Å². The number of benzene rings is 1. The summed E-state index contributed by atoms with van der Waals surface area (Å²) in [6.07, 6.45) is 0. The molecule has 1 aromatic carbocycles. The van der Waals surface area contributed by atoms with E-state index in [0.717, 1.165) is 26.7 Å². The molecule has 2 heterocycles. The number of carbonyl (C=O) groups is 1. The highest BCUT2D eigenvalue weighted by atomic mass is 16.2. The molecule has 0 atom stereocenters. The number of nitrogens with one attached hydrogen (secondary N) is 2. The zero-order chi connectivity index (χ0) is 17.6. The summed E-state index contributed by atoms with van der Waals surface area (Å²) in [7, 11) is 2.89. The zero-order valence-electron chi connectivity index (χ0n) is 13.9. The minimum atomic E-state index is -0.495. The second-order valence-corrected chi connectivity index (χ2v) is 5.86. The Balaban J connectivity index is 2.00. The highest BCUT2D eigenvalue weighted by Gasteiger charge is 2.13. The third-order valence-electron chi connectivity index (χ3n) is 4.34. The Kier molecular flexibility index (Phi) is 3.63. The molecule has 0 saturated carbocycles. The molecular formula is C17H18N4O3. The maximum Gasteiger partial charge on any atom is 0.332 e. The number of H-pyrrole nitrogens is 1. The lowest BCUT2D eigenvalue weighted by molar-refractivity contribution is 0.102. The molecule has 2 aromatic heterocycles. The van der Waals surface area contributed by atoms with Crippen molar-refractivity contribution >= 4 is 22.6 Å². The molecule has 0 radical (unpaired) electrons. The van der Waals surface area contributed by atoms with Crippen LogP contribution >= 0.6 is 0 Å². The fourth-order valence-electron chi connectivity index (χ4n) is 2.64. The van der Waals surface area contributed by atoms with Crippen LogP contribution < -0.4 is 16.6 Å². The highest BCUT2D eigenvalue weighted by Crippen LogP contribution is 2.22. The van der Waals surface area contributed by atoms with Gasteiger partial charge in [0.25, 0.3) is 11.5 Å². The molecule has 0 aliphatic rings. The number of aromatic amines is 1. The SMILES string of the molecule is Cc1[nH]c2ccc(C(=O)Nc3cc(=O)n(C)c(=O)n3C)cc2c1C. The topological polar surface area (TPSA) is 88.9 Å². The molecule has 1 amide bonds. The van der Waals surface area contributed by atoms with Gasteiger partial charge in [-0.05, 0) is 37.6 Å². The van der Waals surface area contributed by atoms with E-state index in [4.69, 9.17) is 0 Å². The van der Waals surface area contributed by atoms with Gasteiger partial charge < -0.3 is 10.3 Å². The Morgan fingerprint density at radius 2 is 1.79 bits per heavy atom. The van der Waals surface area contributed by atoms with Crippen LogP contribution in [0.15, 0.2) is 33.9 Å². The molecule has 0 bridgehead atoms. The summed E-state index contributed by atoms with van der Waals surface area (Å²) in [4.78, 5) is 39.4. The summed E-state index contributed by atoms with van der Waals surface area (Å²) in [5, 5.41) is 3.60. The van der Waals surface area contributed by atoms with E-state index >= 15 is 0 Å². The fraction of sp³-hybridized carbons (Fsp3) is 0.235. The van der Waals surface area contributed by atoms with Crippen LogP contribution in [0.1, 0.15) is 21.6 Å². The number of amides is 1. The molecule has 0 aliphatic carbocycles. The second-order valence-electron chi connectivity index (χ2n) is 5.86. The van der Waals surface area contributed by atoms with E-state index in [1.807, 2.05) is 19.9 Å². The second kappa shape index (κ2) is 5.52. The Morgan fingerprint density at radius 1 is 1.08 bits per heavy atom. The lowest BCUT2D eigenvalue weighted by atomic mass is 10.1. The van der Waals surface area contributed by atoms with E-state index < -0.39 is 11.2 Å². The van der Waals surface area contributed by atoms with E-state index in [-0.39, 0.29) is 11.7 Å². The van der Waals surface area contributed by atoms with Crippen LogP contribution in [0.4, 0.5) is 5.82 Å². The minimum Gasteiger partial charge on any atom is -0.358 e. The average Bonchev–Trinajstić information content (AvgIpc) is 2.84. The monoisotopic (exact) mass is 326 g/mol. The van der Waals surface area contributed by atoms with Crippen molar-refractivity contribution in [2.24, 2.45) is 14.1 Å². The number of hydrogen-bond donors (Lipinski definition) is 2. The van der Waals surface area contributed by atoms with Crippen LogP contribution in [0.3, 0.4) is 0 Å². The molecule has 24 heavy (non-hydrogen) atoms. The molecule has 3 rings (SSSR count). The van der Waals surface area contributed by atoms with Gasteiger partial charge in [0, 0.05) is 42.3 Å². The van der Waals surface area contributed by atoms with E-state index in [1.165, 1.54) is 24.7 Å². The van der Waals surface area contributed by atoms with Gasteiger partial charge in [-0.15, -0.1) is 0 Å². The van der Waals surface area contributed by atoms with E-state index in [9.17, 15) is 14.4 Å². The van der Waals surface area contributed by atoms with Gasteiger partial charge in [-0.25, -0.2) is 4.79 Å². The van der Waals surface area contributed by atoms with Gasteiger partial charge >= 0.3 is 5.69 Å². The summed E-state index contributed by atoms with van der Waals surface area (Å²) < 4.78 is 2.21. The van der Waals surface area contributed by atoms with Crippen LogP contribution in [-0.4, -0.2) is 20.0 Å². The summed E-state index contributed by atoms with van der Waals surface area (Å²) >= 11 is 0. The molecule has 0 aliphatic heterocycles. The van der Waals surface area contributed by atoms with Crippen molar-refractivity contribution in [2.75, 3.05) is 5.32 Å². The van der Waals surface area contributed by atoms with Crippen molar-refractivity contribution < 1.29 is 4.79 Å². The Labute approximate surface area is 137 Å². The Bertz CT molecular complexity index is 1090. The van der Waals surface area contributed by atoms with E-state index in [2.05, 4.69) is 10.3 Å². The van der Waals surface area contributed by atoms with Crippen LogP contribution in [0, 0.1) is 13.8 Å². The molecule has 0 unspecified atom stereocenters. The van der Waals surface area contributed by atoms with Gasteiger partial charge in [-0.3, -0.25) is 18.7 Å². The standard InChI is InChI=1S/C17H18N4O3/c1-9-10(2)18-13-6-5-11(7-12(9)13)16(23)19-14-8-15(22)21(4)17(24)20(14)3/h5-8,18H,1-4H3,(H,19,23). The van der Waals surface area contributed by atoms with Crippen molar-refractivity contribution in [1.82, 2.24) is 14.1 Å². The minimum absolute atomic E-state index is 0.162. The maximum atomic E-state index is 12.5. The van der Waals surface area contributed by atoms with Gasteiger partial charge in [0.2, 0.25) is 0 Å². The molecule has 124 valence electrons. The number of nitrogens with zero attached hydrogens (tertiary/aromatic N) is 2. The van der Waals surface area contributed by atoms with Crippen LogP contribution in [0.25, 0.3) is 10.9 Å². The largest absolute Gasteiger partial charge is 0.358 e. The summed E-state index contributed by atoms with van der Waals surface area (Å²) in [6, 6.07) is 6.56. The predicted octanol–water partition coefficient (Wildman–Crippen LogP) is 1.43. The van der Waals surface area contributed by atoms with Crippen molar-refractivity contribution in [3.63, 3.8) is 0 Å². The smallest absolute Gasteiger partial charge is 0.332 e. The summed E-state index contributed by atoms with van der Waals surface area (Å²) in [5.41, 5.74) is 2.59. The van der Waals surface area contributed by atoms with Crippen molar-refractivity contribution in [3.8, 4) is 0 Å². The van der Waals surface area contributed by atoms with E-state index in [0.29, 0.717) is 5.56 Å². The van der Waals surface area contributed by atoms with Gasteiger partial charge in [0.15, 0.2) is 0 Å². The van der Waals surface area contributed by atoms with Crippen LogP contribution in [-0.2, 0) is 14.1 Å². The van der Waals surface area contributed by atoms with Crippen LogP contribution in [0.2, 0.25) is 0 Å². The normalized spacial score (nSPS) is 11.0. The van der Waals surface area contributed by atoms with Gasteiger partial charge in [0.1, 0.15) is 5.82 Å². The number of fused-ring (bicyclic) bond motifs is 1. The Morgan fingerprint density at radius 3 is 2.50 bits per heavy atom. The summed E-state index contributed by atoms with van der Waals surface area (Å²) in [6.45, 7) is 3.96. The zero-order valence-corrected chi connectivity index (χ0v) is 13.9. The van der Waals surface area contributed by atoms with Crippen molar-refractivity contribution in [1.29, 1.82) is 0 Å². The Hall–Kier alpha value is -3.09. The number of hydrogen-bond acceptors (Lipinski definition) is 3. The van der Waals surface area contributed by atoms with Crippen molar-refractivity contribution in [3.05, 3.63) is 61.9 Å². The molecule has 0 saturated heterocycles. The fourth-order valence-corrected chi connectivity index (χ4v) is 2.64. The first-order valence-corrected chi connectivity index (χ1v) is 7.47. The molecule has 2 N–H and O–H groups in total. The molecule has 7 heteroatoms. The third-order valence-corrected chi connectivity index (χ3v) is 4.34. The first kappa shape index (κ1) is 15.8. The number of aryl methyl sites for hydroxylation is 2. The lowest BCUT2D eigenvalue weighted by Crippen LogP contribution is -2.38. The molecule has 3 aromatic rings. The first-order chi connectivity index (χ1) is 11.3. The molecule has 0 fully saturated rings.